The van der Waals surface area contributed by atoms with E-state index in [0.29, 0.717) is 10.6 Å². The summed E-state index contributed by atoms with van der Waals surface area (Å²) in [5, 5.41) is 17.1. The van der Waals surface area contributed by atoms with Crippen LogP contribution >= 0.6 is 11.3 Å². The Hall–Kier alpha value is -1.38. The minimum absolute atomic E-state index is 0.0357. The van der Waals surface area contributed by atoms with Gasteiger partial charge in [-0.25, -0.2) is 0 Å². The van der Waals surface area contributed by atoms with Crippen LogP contribution in [0.2, 0.25) is 0 Å². The number of carbonyl (C=O) groups is 1. The predicted octanol–water partition coefficient (Wildman–Crippen LogP) is 1.31. The second-order valence-electron chi connectivity index (χ2n) is 3.41. The number of nitriles is 1. The third kappa shape index (κ3) is 2.17. The molecule has 0 radical (unpaired) electrons. The standard InChI is InChI=1S/C10H11N3OS/c11-6-7-3-5-15-10(7)13-9(14)8-2-1-4-12-8/h3,5,8,12H,1-2,4H2,(H,13,14)/t8-/m1/s1. The predicted molar refractivity (Wildman–Crippen MR) is 58.7 cm³/mol. The maximum atomic E-state index is 11.7. The normalized spacial score (nSPS) is 19.8. The van der Waals surface area contributed by atoms with Crippen LogP contribution in [0.25, 0.3) is 0 Å². The van der Waals surface area contributed by atoms with Gasteiger partial charge in [-0.05, 0) is 30.8 Å². The molecule has 1 aromatic heterocycles. The number of nitrogens with one attached hydrogen (secondary N) is 2. The van der Waals surface area contributed by atoms with Crippen molar-refractivity contribution in [2.45, 2.75) is 18.9 Å². The maximum Gasteiger partial charge on any atom is 0.242 e. The molecule has 0 aromatic carbocycles. The summed E-state index contributed by atoms with van der Waals surface area (Å²) in [6.07, 6.45) is 1.91. The van der Waals surface area contributed by atoms with Crippen LogP contribution in [0.15, 0.2) is 11.4 Å². The van der Waals surface area contributed by atoms with Crippen LogP contribution in [-0.4, -0.2) is 18.5 Å². The van der Waals surface area contributed by atoms with Gasteiger partial charge in [-0.15, -0.1) is 11.3 Å². The van der Waals surface area contributed by atoms with E-state index in [-0.39, 0.29) is 11.9 Å². The summed E-state index contributed by atoms with van der Waals surface area (Å²) in [5.74, 6) is -0.0357. The molecular formula is C10H11N3OS. The third-order valence-electron chi connectivity index (χ3n) is 2.40. The molecule has 1 atom stereocenters. The van der Waals surface area contributed by atoms with Crippen molar-refractivity contribution in [3.8, 4) is 6.07 Å². The Labute approximate surface area is 91.9 Å². The third-order valence-corrected chi connectivity index (χ3v) is 3.23. The fourth-order valence-corrected chi connectivity index (χ4v) is 2.34. The van der Waals surface area contributed by atoms with Crippen molar-refractivity contribution >= 4 is 22.2 Å². The Morgan fingerprint density at radius 3 is 3.27 bits per heavy atom. The zero-order chi connectivity index (χ0) is 10.7. The van der Waals surface area contributed by atoms with Crippen LogP contribution in [-0.2, 0) is 4.79 Å². The van der Waals surface area contributed by atoms with E-state index < -0.39 is 0 Å². The largest absolute Gasteiger partial charge is 0.315 e. The van der Waals surface area contributed by atoms with Crippen LogP contribution in [0, 0.1) is 11.3 Å². The first-order valence-electron chi connectivity index (χ1n) is 4.83. The second-order valence-corrected chi connectivity index (χ2v) is 4.33. The lowest BCUT2D eigenvalue weighted by atomic mass is 10.2. The van der Waals surface area contributed by atoms with Gasteiger partial charge in [0.25, 0.3) is 0 Å². The molecule has 15 heavy (non-hydrogen) atoms. The topological polar surface area (TPSA) is 64.9 Å². The molecule has 1 aliphatic rings. The smallest absolute Gasteiger partial charge is 0.242 e. The molecule has 1 saturated heterocycles. The van der Waals surface area contributed by atoms with Crippen molar-refractivity contribution < 1.29 is 4.79 Å². The van der Waals surface area contributed by atoms with Crippen molar-refractivity contribution in [2.75, 3.05) is 11.9 Å². The van der Waals surface area contributed by atoms with Gasteiger partial charge in [0.1, 0.15) is 11.1 Å². The summed E-state index contributed by atoms with van der Waals surface area (Å²) >= 11 is 1.38. The number of anilines is 1. The van der Waals surface area contributed by atoms with Gasteiger partial charge in [0.05, 0.1) is 11.6 Å². The van der Waals surface area contributed by atoms with Crippen LogP contribution in [0.5, 0.6) is 0 Å². The van der Waals surface area contributed by atoms with Crippen LogP contribution in [0.3, 0.4) is 0 Å². The molecule has 0 saturated carbocycles. The van der Waals surface area contributed by atoms with Gasteiger partial charge in [0.2, 0.25) is 5.91 Å². The molecule has 0 bridgehead atoms. The zero-order valence-corrected chi connectivity index (χ0v) is 8.93. The Morgan fingerprint density at radius 1 is 1.73 bits per heavy atom. The van der Waals surface area contributed by atoms with Crippen molar-refractivity contribution in [2.24, 2.45) is 0 Å². The molecule has 78 valence electrons. The van der Waals surface area contributed by atoms with Gasteiger partial charge in [0, 0.05) is 0 Å². The number of hydrogen-bond donors (Lipinski definition) is 2. The average Bonchev–Trinajstić information content (AvgIpc) is 2.87. The van der Waals surface area contributed by atoms with Crippen LogP contribution < -0.4 is 10.6 Å². The highest BCUT2D eigenvalue weighted by Gasteiger charge is 2.22. The van der Waals surface area contributed by atoms with E-state index in [0.717, 1.165) is 19.4 Å². The van der Waals surface area contributed by atoms with E-state index in [2.05, 4.69) is 10.6 Å². The highest BCUT2D eigenvalue weighted by molar-refractivity contribution is 7.14. The molecule has 1 aromatic rings. The molecule has 4 nitrogen and oxygen atoms in total. The number of nitrogens with zero attached hydrogens (tertiary/aromatic N) is 1. The molecule has 1 amide bonds. The Morgan fingerprint density at radius 2 is 2.60 bits per heavy atom. The molecule has 0 unspecified atom stereocenters. The number of carbonyl (C=O) groups excluding carboxylic acids is 1. The van der Waals surface area contributed by atoms with Gasteiger partial charge in [-0.2, -0.15) is 5.26 Å². The molecule has 1 fully saturated rings. The van der Waals surface area contributed by atoms with Crippen molar-refractivity contribution in [1.29, 1.82) is 5.26 Å². The highest BCUT2D eigenvalue weighted by Crippen LogP contribution is 2.22. The molecule has 5 heteroatoms. The fourth-order valence-electron chi connectivity index (χ4n) is 1.60. The molecular weight excluding hydrogens is 210 g/mol. The SMILES string of the molecule is N#Cc1ccsc1NC(=O)[C@H]1CCCN1. The number of hydrogen-bond acceptors (Lipinski definition) is 4. The van der Waals surface area contributed by atoms with E-state index in [1.165, 1.54) is 11.3 Å². The van der Waals surface area contributed by atoms with E-state index in [1.54, 1.807) is 11.4 Å². The average molecular weight is 221 g/mol. The van der Waals surface area contributed by atoms with Crippen molar-refractivity contribution in [3.05, 3.63) is 17.0 Å². The van der Waals surface area contributed by atoms with Gasteiger partial charge in [0.15, 0.2) is 0 Å². The number of thiophene rings is 1. The van der Waals surface area contributed by atoms with Gasteiger partial charge in [-0.3, -0.25) is 4.79 Å². The lowest BCUT2D eigenvalue weighted by Crippen LogP contribution is -2.35. The lowest BCUT2D eigenvalue weighted by Gasteiger charge is -2.09. The van der Waals surface area contributed by atoms with E-state index in [1.807, 2.05) is 6.07 Å². The minimum atomic E-state index is -0.0985. The van der Waals surface area contributed by atoms with Gasteiger partial charge >= 0.3 is 0 Å². The maximum absolute atomic E-state index is 11.7. The number of amides is 1. The van der Waals surface area contributed by atoms with Crippen molar-refractivity contribution in [1.82, 2.24) is 5.32 Å². The summed E-state index contributed by atoms with van der Waals surface area (Å²) in [6, 6.07) is 3.66. The van der Waals surface area contributed by atoms with Gasteiger partial charge in [-0.1, -0.05) is 0 Å². The summed E-state index contributed by atoms with van der Waals surface area (Å²) in [4.78, 5) is 11.7. The monoisotopic (exact) mass is 221 g/mol. The second kappa shape index (κ2) is 4.43. The van der Waals surface area contributed by atoms with Crippen LogP contribution in [0.1, 0.15) is 18.4 Å². The molecule has 2 heterocycles. The Bertz CT molecular complexity index is 401. The molecule has 0 aliphatic carbocycles. The van der Waals surface area contributed by atoms with Gasteiger partial charge < -0.3 is 10.6 Å². The lowest BCUT2D eigenvalue weighted by molar-refractivity contribution is -0.117. The first-order chi connectivity index (χ1) is 7.31. The van der Waals surface area contributed by atoms with Crippen LogP contribution in [0.4, 0.5) is 5.00 Å². The number of rotatable bonds is 2. The Kier molecular flexibility index (Phi) is 2.99. The molecule has 1 aliphatic heterocycles. The highest BCUT2D eigenvalue weighted by atomic mass is 32.1. The first kappa shape index (κ1) is 10.1. The quantitative estimate of drug-likeness (QED) is 0.791. The van der Waals surface area contributed by atoms with Crippen molar-refractivity contribution in [3.63, 3.8) is 0 Å². The fraction of sp³-hybridized carbons (Fsp3) is 0.400. The summed E-state index contributed by atoms with van der Waals surface area (Å²) in [5.41, 5.74) is 0.534. The zero-order valence-electron chi connectivity index (χ0n) is 8.12. The molecule has 2 rings (SSSR count). The summed E-state index contributed by atoms with van der Waals surface area (Å²) in [6.45, 7) is 0.896. The summed E-state index contributed by atoms with van der Waals surface area (Å²) in [7, 11) is 0. The van der Waals surface area contributed by atoms with E-state index in [9.17, 15) is 4.79 Å². The van der Waals surface area contributed by atoms with E-state index >= 15 is 0 Å². The minimum Gasteiger partial charge on any atom is -0.315 e. The van der Waals surface area contributed by atoms with E-state index in [4.69, 9.17) is 5.26 Å². The molecule has 0 spiro atoms. The first-order valence-corrected chi connectivity index (χ1v) is 5.71. The molecule has 2 N–H and O–H groups in total. The Balaban J connectivity index is 2.02. The summed E-state index contributed by atoms with van der Waals surface area (Å²) < 4.78 is 0.